The van der Waals surface area contributed by atoms with Gasteiger partial charge in [0.25, 0.3) is 5.91 Å². The van der Waals surface area contributed by atoms with Crippen LogP contribution in [0.3, 0.4) is 0 Å². The molecule has 0 fully saturated rings. The van der Waals surface area contributed by atoms with Crippen LogP contribution in [0.2, 0.25) is 5.02 Å². The van der Waals surface area contributed by atoms with Crippen LogP contribution in [0.15, 0.2) is 12.3 Å². The highest BCUT2D eigenvalue weighted by molar-refractivity contribution is 7.15. The number of nitrogen functional groups attached to an aromatic ring is 1. The number of hydrogen-bond acceptors (Lipinski definition) is 6. The number of aromatic nitrogens is 2. The summed E-state index contributed by atoms with van der Waals surface area (Å²) in [6, 6.07) is 1.49. The molecule has 6 nitrogen and oxygen atoms in total. The monoisotopic (exact) mass is 297 g/mol. The van der Waals surface area contributed by atoms with E-state index in [0.29, 0.717) is 16.5 Å². The molecule has 0 unspecified atom stereocenters. The van der Waals surface area contributed by atoms with Crippen LogP contribution in [0.5, 0.6) is 0 Å². The van der Waals surface area contributed by atoms with Gasteiger partial charge in [0.05, 0.1) is 16.3 Å². The summed E-state index contributed by atoms with van der Waals surface area (Å²) < 4.78 is 0. The molecule has 4 N–H and O–H groups in total. The Bertz CT molecular complexity index is 608. The highest BCUT2D eigenvalue weighted by Crippen LogP contribution is 2.23. The molecule has 0 spiro atoms. The summed E-state index contributed by atoms with van der Waals surface area (Å²) >= 11 is 7.33. The lowest BCUT2D eigenvalue weighted by molar-refractivity contribution is 0.102. The first kappa shape index (κ1) is 13.7. The lowest BCUT2D eigenvalue weighted by atomic mass is 10.2. The number of nitrogens with one attached hydrogen (secondary N) is 2. The number of hydrazine groups is 1. The van der Waals surface area contributed by atoms with Crippen LogP contribution in [-0.4, -0.2) is 15.9 Å². The molecule has 19 heavy (non-hydrogen) atoms. The third-order valence-electron chi connectivity index (χ3n) is 2.49. The Morgan fingerprint density at radius 1 is 1.47 bits per heavy atom. The minimum absolute atomic E-state index is 0.279. The average molecular weight is 298 g/mol. The fourth-order valence-corrected chi connectivity index (χ4v) is 2.39. The van der Waals surface area contributed by atoms with Crippen molar-refractivity contribution in [1.82, 2.24) is 9.97 Å². The first-order valence-electron chi connectivity index (χ1n) is 5.39. The molecule has 0 saturated carbocycles. The number of carbonyl (C=O) groups is 1. The van der Waals surface area contributed by atoms with Gasteiger partial charge in [-0.15, -0.1) is 11.3 Å². The summed E-state index contributed by atoms with van der Waals surface area (Å²) in [5, 5.41) is 3.53. The standard InChI is InChI=1S/C11H12ClN5OS/c1-5-6(2)19-11(15-5)16-10(18)7-3-8(12)9(17-13)14-4-7/h3-4H,13H2,1-2H3,(H,14,17)(H,15,16,18). The van der Waals surface area contributed by atoms with Crippen molar-refractivity contribution in [3.63, 3.8) is 0 Å². The summed E-state index contributed by atoms with van der Waals surface area (Å²) in [7, 11) is 0. The van der Waals surface area contributed by atoms with E-state index in [1.54, 1.807) is 0 Å². The molecule has 2 aromatic rings. The number of aryl methyl sites for hydroxylation is 2. The zero-order valence-corrected chi connectivity index (χ0v) is 11.9. The van der Waals surface area contributed by atoms with Crippen molar-refractivity contribution >= 4 is 39.8 Å². The molecular formula is C11H12ClN5OS. The SMILES string of the molecule is Cc1nc(NC(=O)c2cnc(NN)c(Cl)c2)sc1C. The second-order valence-electron chi connectivity index (χ2n) is 3.81. The lowest BCUT2D eigenvalue weighted by Crippen LogP contribution is -2.14. The summed E-state index contributed by atoms with van der Waals surface area (Å²) in [6.45, 7) is 3.84. The number of hydrogen-bond donors (Lipinski definition) is 3. The molecule has 0 aliphatic carbocycles. The van der Waals surface area contributed by atoms with Gasteiger partial charge in [-0.3, -0.25) is 10.1 Å². The first-order valence-corrected chi connectivity index (χ1v) is 6.58. The first-order chi connectivity index (χ1) is 9.01. The summed E-state index contributed by atoms with van der Waals surface area (Å²) in [5.41, 5.74) is 3.58. The number of anilines is 2. The Hall–Kier alpha value is -1.70. The Labute approximate surface area is 119 Å². The Kier molecular flexibility index (Phi) is 3.98. The molecule has 2 heterocycles. The molecular weight excluding hydrogens is 286 g/mol. The van der Waals surface area contributed by atoms with E-state index < -0.39 is 0 Å². The zero-order chi connectivity index (χ0) is 14.0. The number of nitrogens with two attached hydrogens (primary N) is 1. The van der Waals surface area contributed by atoms with Crippen LogP contribution >= 0.6 is 22.9 Å². The third-order valence-corrected chi connectivity index (χ3v) is 3.77. The van der Waals surface area contributed by atoms with Gasteiger partial charge in [-0.1, -0.05) is 11.6 Å². The van der Waals surface area contributed by atoms with Crippen LogP contribution < -0.4 is 16.6 Å². The van der Waals surface area contributed by atoms with Crippen molar-refractivity contribution in [2.75, 3.05) is 10.7 Å². The lowest BCUT2D eigenvalue weighted by Gasteiger charge is -2.05. The molecule has 0 aromatic carbocycles. The van der Waals surface area contributed by atoms with E-state index in [4.69, 9.17) is 17.4 Å². The summed E-state index contributed by atoms with van der Waals surface area (Å²) in [6.07, 6.45) is 1.39. The molecule has 0 bridgehead atoms. The fraction of sp³-hybridized carbons (Fsp3) is 0.182. The predicted molar refractivity (Wildman–Crippen MR) is 76.6 cm³/mol. The van der Waals surface area contributed by atoms with Gasteiger partial charge in [-0.2, -0.15) is 0 Å². The van der Waals surface area contributed by atoms with Crippen molar-refractivity contribution in [2.45, 2.75) is 13.8 Å². The van der Waals surface area contributed by atoms with Crippen LogP contribution in [-0.2, 0) is 0 Å². The molecule has 0 atom stereocenters. The number of amides is 1. The molecule has 0 aliphatic rings. The zero-order valence-electron chi connectivity index (χ0n) is 10.3. The van der Waals surface area contributed by atoms with Crippen molar-refractivity contribution in [2.24, 2.45) is 5.84 Å². The number of carbonyl (C=O) groups excluding carboxylic acids is 1. The van der Waals surface area contributed by atoms with E-state index in [1.807, 2.05) is 13.8 Å². The largest absolute Gasteiger partial charge is 0.307 e. The number of pyridine rings is 1. The van der Waals surface area contributed by atoms with Crippen molar-refractivity contribution < 1.29 is 4.79 Å². The molecule has 8 heteroatoms. The minimum Gasteiger partial charge on any atom is -0.307 e. The van der Waals surface area contributed by atoms with Crippen molar-refractivity contribution in [3.8, 4) is 0 Å². The summed E-state index contributed by atoms with van der Waals surface area (Å²) in [5.74, 6) is 5.22. The van der Waals surface area contributed by atoms with Crippen molar-refractivity contribution in [1.29, 1.82) is 0 Å². The second kappa shape index (κ2) is 5.52. The smallest absolute Gasteiger partial charge is 0.259 e. The minimum atomic E-state index is -0.313. The van der Waals surface area contributed by atoms with E-state index in [9.17, 15) is 4.79 Å². The van der Waals surface area contributed by atoms with Gasteiger partial charge in [-0.25, -0.2) is 15.8 Å². The van der Waals surface area contributed by atoms with Gasteiger partial charge in [0.2, 0.25) is 0 Å². The van der Waals surface area contributed by atoms with Crippen molar-refractivity contribution in [3.05, 3.63) is 33.4 Å². The highest BCUT2D eigenvalue weighted by atomic mass is 35.5. The van der Waals surface area contributed by atoms with E-state index in [1.165, 1.54) is 23.6 Å². The molecule has 100 valence electrons. The Morgan fingerprint density at radius 3 is 2.74 bits per heavy atom. The van der Waals surface area contributed by atoms with Gasteiger partial charge in [0, 0.05) is 11.1 Å². The molecule has 0 saturated heterocycles. The predicted octanol–water partition coefficient (Wildman–Crippen LogP) is 2.35. The quantitative estimate of drug-likeness (QED) is 0.597. The maximum atomic E-state index is 12.0. The van der Waals surface area contributed by atoms with E-state index in [0.717, 1.165) is 10.6 Å². The molecule has 2 aromatic heterocycles. The van der Waals surface area contributed by atoms with E-state index in [-0.39, 0.29) is 10.9 Å². The maximum absolute atomic E-state index is 12.0. The van der Waals surface area contributed by atoms with E-state index >= 15 is 0 Å². The number of nitrogens with zero attached hydrogens (tertiary/aromatic N) is 2. The second-order valence-corrected chi connectivity index (χ2v) is 5.42. The summed E-state index contributed by atoms with van der Waals surface area (Å²) in [4.78, 5) is 21.2. The highest BCUT2D eigenvalue weighted by Gasteiger charge is 2.12. The average Bonchev–Trinajstić information content (AvgIpc) is 2.68. The van der Waals surface area contributed by atoms with Gasteiger partial charge in [-0.05, 0) is 19.9 Å². The number of halogens is 1. The molecule has 2 rings (SSSR count). The number of rotatable bonds is 3. The van der Waals surface area contributed by atoms with Crippen LogP contribution in [0, 0.1) is 13.8 Å². The van der Waals surface area contributed by atoms with E-state index in [2.05, 4.69) is 20.7 Å². The Balaban J connectivity index is 2.18. The maximum Gasteiger partial charge on any atom is 0.259 e. The van der Waals surface area contributed by atoms with Gasteiger partial charge in [0.1, 0.15) is 0 Å². The van der Waals surface area contributed by atoms with Crippen LogP contribution in [0.1, 0.15) is 20.9 Å². The van der Waals surface area contributed by atoms with Crippen LogP contribution in [0.25, 0.3) is 0 Å². The molecule has 1 amide bonds. The normalized spacial score (nSPS) is 10.3. The van der Waals surface area contributed by atoms with Crippen LogP contribution in [0.4, 0.5) is 10.9 Å². The Morgan fingerprint density at radius 2 is 2.21 bits per heavy atom. The van der Waals surface area contributed by atoms with Gasteiger partial charge >= 0.3 is 0 Å². The topological polar surface area (TPSA) is 92.9 Å². The molecule has 0 aliphatic heterocycles. The number of thiazole rings is 1. The third kappa shape index (κ3) is 3.01. The fourth-order valence-electron chi connectivity index (χ4n) is 1.36. The van der Waals surface area contributed by atoms with Gasteiger partial charge in [0.15, 0.2) is 10.9 Å². The molecule has 0 radical (unpaired) electrons. The van der Waals surface area contributed by atoms with Gasteiger partial charge < -0.3 is 5.43 Å².